The van der Waals surface area contributed by atoms with Gasteiger partial charge in [-0.2, -0.15) is 4.98 Å². The highest BCUT2D eigenvalue weighted by atomic mass is 16.1. The van der Waals surface area contributed by atoms with Gasteiger partial charge in [0, 0.05) is 30.1 Å². The van der Waals surface area contributed by atoms with E-state index in [4.69, 9.17) is 5.73 Å². The fraction of sp³-hybridized carbons (Fsp3) is 0.375. The van der Waals surface area contributed by atoms with Crippen molar-refractivity contribution < 1.29 is 4.79 Å². The summed E-state index contributed by atoms with van der Waals surface area (Å²) in [6.45, 7) is 4.21. The first-order valence-electron chi connectivity index (χ1n) is 7.60. The monoisotopic (exact) mass is 310 g/mol. The van der Waals surface area contributed by atoms with E-state index in [1.165, 1.54) is 0 Å². The molecule has 0 fully saturated rings. The molecule has 7 heteroatoms. The number of pyridine rings is 1. The maximum absolute atomic E-state index is 12.8. The van der Waals surface area contributed by atoms with Crippen LogP contribution < -0.4 is 11.1 Å². The molecule has 0 spiro atoms. The number of nitrogen functional groups attached to an aromatic ring is 1. The van der Waals surface area contributed by atoms with Crippen molar-refractivity contribution in [2.24, 2.45) is 5.41 Å². The summed E-state index contributed by atoms with van der Waals surface area (Å²) in [7, 11) is 0. The highest BCUT2D eigenvalue weighted by Crippen LogP contribution is 2.45. The largest absolute Gasteiger partial charge is 0.366 e. The molecule has 1 aliphatic heterocycles. The number of carbonyl (C=O) groups excluding carboxylic acids is 1. The highest BCUT2D eigenvalue weighted by molar-refractivity contribution is 6.00. The predicted octanol–water partition coefficient (Wildman–Crippen LogP) is 1.91. The molecule has 2 aromatic heterocycles. The van der Waals surface area contributed by atoms with Crippen LogP contribution in [0.25, 0.3) is 0 Å². The van der Waals surface area contributed by atoms with Crippen molar-refractivity contribution in [3.05, 3.63) is 41.4 Å². The Hall–Kier alpha value is -2.70. The molecule has 0 bridgehead atoms. The van der Waals surface area contributed by atoms with Crippen molar-refractivity contribution in [1.29, 1.82) is 0 Å². The number of ketones is 1. The molecule has 0 aromatic carbocycles. The molecule has 4 rings (SSSR count). The number of anilines is 2. The number of hydrogen-bond acceptors (Lipinski definition) is 6. The van der Waals surface area contributed by atoms with Crippen LogP contribution in [0.4, 0.5) is 11.9 Å². The average Bonchev–Trinajstić information content (AvgIpc) is 2.84. The third-order valence-electron chi connectivity index (χ3n) is 4.37. The zero-order chi connectivity index (χ0) is 16.2. The molecule has 118 valence electrons. The molecule has 1 aliphatic carbocycles. The van der Waals surface area contributed by atoms with Crippen LogP contribution in [0.2, 0.25) is 0 Å². The minimum absolute atomic E-state index is 0.0700. The van der Waals surface area contributed by atoms with Crippen LogP contribution in [0.1, 0.15) is 38.3 Å². The van der Waals surface area contributed by atoms with Crippen LogP contribution in [0, 0.1) is 5.41 Å². The third kappa shape index (κ3) is 2.19. The van der Waals surface area contributed by atoms with Gasteiger partial charge in [-0.15, -0.1) is 5.10 Å². The topological polar surface area (TPSA) is 98.7 Å². The molecule has 1 atom stereocenters. The van der Waals surface area contributed by atoms with E-state index in [2.05, 4.69) is 34.2 Å². The molecular formula is C16H18N6O. The second-order valence-electron chi connectivity index (χ2n) is 6.88. The van der Waals surface area contributed by atoms with E-state index in [1.54, 1.807) is 17.1 Å². The van der Waals surface area contributed by atoms with Crippen LogP contribution in [-0.2, 0) is 4.79 Å². The summed E-state index contributed by atoms with van der Waals surface area (Å²) in [6.07, 6.45) is 4.75. The van der Waals surface area contributed by atoms with Gasteiger partial charge in [-0.3, -0.25) is 9.78 Å². The molecule has 0 saturated heterocycles. The maximum atomic E-state index is 12.8. The Morgan fingerprint density at radius 2 is 2.04 bits per heavy atom. The molecule has 23 heavy (non-hydrogen) atoms. The van der Waals surface area contributed by atoms with E-state index in [1.807, 2.05) is 12.1 Å². The molecule has 7 nitrogen and oxygen atoms in total. The molecule has 0 amide bonds. The Morgan fingerprint density at radius 1 is 1.30 bits per heavy atom. The van der Waals surface area contributed by atoms with E-state index >= 15 is 0 Å². The maximum Gasteiger partial charge on any atom is 0.241 e. The van der Waals surface area contributed by atoms with Crippen LogP contribution in [0.15, 0.2) is 35.8 Å². The van der Waals surface area contributed by atoms with Crippen molar-refractivity contribution in [3.8, 4) is 0 Å². The number of carbonyl (C=O) groups is 1. The van der Waals surface area contributed by atoms with Gasteiger partial charge in [0.25, 0.3) is 0 Å². The number of fused-ring (bicyclic) bond motifs is 1. The summed E-state index contributed by atoms with van der Waals surface area (Å²) in [6, 6.07) is 3.49. The van der Waals surface area contributed by atoms with Gasteiger partial charge >= 0.3 is 0 Å². The second-order valence-corrected chi connectivity index (χ2v) is 6.88. The SMILES string of the molecule is CC1(C)CC(=O)C2=C(C1)Nc1nc(N)nn1C2c1ccncc1. The molecule has 2 aromatic rings. The number of nitrogens with one attached hydrogen (secondary N) is 1. The van der Waals surface area contributed by atoms with E-state index in [0.29, 0.717) is 12.4 Å². The first-order chi connectivity index (χ1) is 10.9. The highest BCUT2D eigenvalue weighted by Gasteiger charge is 2.41. The van der Waals surface area contributed by atoms with Gasteiger partial charge in [-0.1, -0.05) is 13.8 Å². The normalized spacial score (nSPS) is 22.3. The number of nitrogens with zero attached hydrogens (tertiary/aromatic N) is 4. The fourth-order valence-electron chi connectivity index (χ4n) is 3.48. The summed E-state index contributed by atoms with van der Waals surface area (Å²) in [5, 5.41) is 7.54. The predicted molar refractivity (Wildman–Crippen MR) is 85.5 cm³/mol. The van der Waals surface area contributed by atoms with Gasteiger partial charge in [0.15, 0.2) is 5.78 Å². The fourth-order valence-corrected chi connectivity index (χ4v) is 3.48. The van der Waals surface area contributed by atoms with Crippen molar-refractivity contribution >= 4 is 17.7 Å². The van der Waals surface area contributed by atoms with E-state index in [9.17, 15) is 4.79 Å². The third-order valence-corrected chi connectivity index (χ3v) is 4.37. The minimum atomic E-state index is -0.308. The molecule has 0 saturated carbocycles. The smallest absolute Gasteiger partial charge is 0.241 e. The molecule has 3 heterocycles. The first-order valence-corrected chi connectivity index (χ1v) is 7.60. The van der Waals surface area contributed by atoms with Gasteiger partial charge in [0.1, 0.15) is 6.04 Å². The summed E-state index contributed by atoms with van der Waals surface area (Å²) < 4.78 is 1.69. The number of rotatable bonds is 1. The number of allylic oxidation sites excluding steroid dienone is 2. The zero-order valence-corrected chi connectivity index (χ0v) is 13.1. The number of aromatic nitrogens is 4. The lowest BCUT2D eigenvalue weighted by atomic mass is 9.73. The Labute approximate surface area is 133 Å². The number of hydrogen-bond donors (Lipinski definition) is 2. The van der Waals surface area contributed by atoms with Crippen LogP contribution >= 0.6 is 0 Å². The van der Waals surface area contributed by atoms with Gasteiger partial charge in [-0.25, -0.2) is 4.68 Å². The molecule has 0 radical (unpaired) electrons. The summed E-state index contributed by atoms with van der Waals surface area (Å²) >= 11 is 0. The molecule has 1 unspecified atom stereocenters. The Morgan fingerprint density at radius 3 is 2.78 bits per heavy atom. The lowest BCUT2D eigenvalue weighted by molar-refractivity contribution is -0.118. The standard InChI is InChI=1S/C16H18N6O/c1-16(2)7-10-12(11(23)8-16)13(9-3-5-18-6-4-9)22-15(19-10)20-14(17)21-22/h3-6,13H,7-8H2,1-2H3,(H3,17,19,20,21). The van der Waals surface area contributed by atoms with Crippen LogP contribution in [0.5, 0.6) is 0 Å². The van der Waals surface area contributed by atoms with Crippen molar-refractivity contribution in [2.75, 3.05) is 11.1 Å². The van der Waals surface area contributed by atoms with Gasteiger partial charge in [-0.05, 0) is 29.5 Å². The van der Waals surface area contributed by atoms with Gasteiger partial charge in [0.05, 0.1) is 0 Å². The second kappa shape index (κ2) is 4.65. The average molecular weight is 310 g/mol. The van der Waals surface area contributed by atoms with E-state index < -0.39 is 0 Å². The van der Waals surface area contributed by atoms with E-state index in [-0.39, 0.29) is 23.2 Å². The van der Waals surface area contributed by atoms with Crippen LogP contribution in [0.3, 0.4) is 0 Å². The summed E-state index contributed by atoms with van der Waals surface area (Å²) in [4.78, 5) is 21.1. The lowest BCUT2D eigenvalue weighted by Gasteiger charge is -2.38. The Kier molecular flexibility index (Phi) is 2.81. The molecule has 3 N–H and O–H groups in total. The van der Waals surface area contributed by atoms with Crippen molar-refractivity contribution in [2.45, 2.75) is 32.7 Å². The van der Waals surface area contributed by atoms with Gasteiger partial charge < -0.3 is 11.1 Å². The lowest BCUT2D eigenvalue weighted by Crippen LogP contribution is -2.36. The Balaban J connectivity index is 1.92. The quantitative estimate of drug-likeness (QED) is 0.835. The number of nitrogens with two attached hydrogens (primary N) is 1. The van der Waals surface area contributed by atoms with Crippen LogP contribution in [-0.4, -0.2) is 25.5 Å². The summed E-state index contributed by atoms with van der Waals surface area (Å²) in [5.41, 5.74) is 8.34. The molecular weight excluding hydrogens is 292 g/mol. The first kappa shape index (κ1) is 13.9. The van der Waals surface area contributed by atoms with Gasteiger partial charge in [0.2, 0.25) is 11.9 Å². The Bertz CT molecular complexity index is 820. The van der Waals surface area contributed by atoms with Crippen molar-refractivity contribution in [3.63, 3.8) is 0 Å². The van der Waals surface area contributed by atoms with E-state index in [0.717, 1.165) is 23.3 Å². The zero-order valence-electron chi connectivity index (χ0n) is 13.1. The van der Waals surface area contributed by atoms with Crippen molar-refractivity contribution in [1.82, 2.24) is 19.7 Å². The molecule has 2 aliphatic rings. The minimum Gasteiger partial charge on any atom is -0.366 e. The summed E-state index contributed by atoms with van der Waals surface area (Å²) in [5.74, 6) is 0.914. The number of Topliss-reactive ketones (excluding diaryl/α,β-unsaturated/α-hetero) is 1.